The Hall–Kier alpha value is -3.02. The average molecular weight is 354 g/mol. The average Bonchev–Trinajstić information content (AvgIpc) is 3.05. The number of amides is 2. The van der Waals surface area contributed by atoms with E-state index in [4.69, 9.17) is 9.47 Å². The normalized spacial score (nSPS) is 13.4. The van der Waals surface area contributed by atoms with Crippen molar-refractivity contribution in [2.75, 3.05) is 30.0 Å². The molecule has 0 atom stereocenters. The molecular formula is C20H22N2O4. The molecule has 0 aromatic heterocycles. The molecule has 6 nitrogen and oxygen atoms in total. The summed E-state index contributed by atoms with van der Waals surface area (Å²) in [5.74, 6) is 0.696. The first-order chi connectivity index (χ1) is 12.6. The summed E-state index contributed by atoms with van der Waals surface area (Å²) < 4.78 is 10.6. The first-order valence-corrected chi connectivity index (χ1v) is 8.66. The number of benzene rings is 2. The quantitative estimate of drug-likeness (QED) is 0.769. The van der Waals surface area contributed by atoms with Gasteiger partial charge in [0.15, 0.2) is 0 Å². The monoisotopic (exact) mass is 354 g/mol. The molecule has 0 spiro atoms. The summed E-state index contributed by atoms with van der Waals surface area (Å²) in [6.45, 7) is 3.32. The van der Waals surface area contributed by atoms with Crippen molar-refractivity contribution in [1.82, 2.24) is 0 Å². The highest BCUT2D eigenvalue weighted by atomic mass is 16.6. The van der Waals surface area contributed by atoms with Gasteiger partial charge in [-0.05, 0) is 43.2 Å². The molecule has 1 heterocycles. The Balaban J connectivity index is 1.50. The van der Waals surface area contributed by atoms with E-state index in [2.05, 4.69) is 5.32 Å². The fourth-order valence-corrected chi connectivity index (χ4v) is 2.77. The van der Waals surface area contributed by atoms with E-state index in [1.807, 2.05) is 43.3 Å². The van der Waals surface area contributed by atoms with Crippen LogP contribution in [0.15, 0.2) is 48.5 Å². The molecule has 1 aliphatic rings. The van der Waals surface area contributed by atoms with Crippen molar-refractivity contribution < 1.29 is 19.1 Å². The molecule has 0 unspecified atom stereocenters. The number of hydrogen-bond donors (Lipinski definition) is 1. The number of rotatable bonds is 7. The van der Waals surface area contributed by atoms with Crippen LogP contribution in [-0.4, -0.2) is 31.8 Å². The van der Waals surface area contributed by atoms with E-state index < -0.39 is 6.09 Å². The number of nitrogens with zero attached hydrogens (tertiary/aromatic N) is 1. The lowest BCUT2D eigenvalue weighted by Crippen LogP contribution is -2.25. The Morgan fingerprint density at radius 3 is 2.85 bits per heavy atom. The van der Waals surface area contributed by atoms with E-state index >= 15 is 0 Å². The van der Waals surface area contributed by atoms with E-state index in [0.717, 1.165) is 11.3 Å². The van der Waals surface area contributed by atoms with Gasteiger partial charge in [0.1, 0.15) is 12.4 Å². The molecule has 2 aromatic rings. The van der Waals surface area contributed by atoms with Crippen LogP contribution in [0.4, 0.5) is 16.2 Å². The van der Waals surface area contributed by atoms with Gasteiger partial charge < -0.3 is 14.8 Å². The maximum Gasteiger partial charge on any atom is 0.414 e. The zero-order chi connectivity index (χ0) is 18.4. The van der Waals surface area contributed by atoms with Crippen LogP contribution in [0.1, 0.15) is 18.4 Å². The molecule has 136 valence electrons. The Morgan fingerprint density at radius 2 is 2.08 bits per heavy atom. The van der Waals surface area contributed by atoms with Crippen LogP contribution < -0.4 is 15.0 Å². The summed E-state index contributed by atoms with van der Waals surface area (Å²) in [7, 11) is 0. The fourth-order valence-electron chi connectivity index (χ4n) is 2.77. The van der Waals surface area contributed by atoms with E-state index in [1.54, 1.807) is 12.1 Å². The molecule has 6 heteroatoms. The highest BCUT2D eigenvalue weighted by Gasteiger charge is 2.25. The molecule has 1 N–H and O–H groups in total. The van der Waals surface area contributed by atoms with Crippen LogP contribution >= 0.6 is 0 Å². The Labute approximate surface area is 152 Å². The van der Waals surface area contributed by atoms with Gasteiger partial charge >= 0.3 is 6.09 Å². The van der Waals surface area contributed by atoms with Crippen molar-refractivity contribution >= 4 is 23.4 Å². The predicted octanol–water partition coefficient (Wildman–Crippen LogP) is 3.75. The van der Waals surface area contributed by atoms with Crippen molar-refractivity contribution in [2.24, 2.45) is 0 Å². The Bertz CT molecular complexity index is 791. The van der Waals surface area contributed by atoms with E-state index in [0.29, 0.717) is 44.0 Å². The highest BCUT2D eigenvalue weighted by molar-refractivity contribution is 5.99. The van der Waals surface area contributed by atoms with Crippen molar-refractivity contribution in [3.63, 3.8) is 0 Å². The topological polar surface area (TPSA) is 67.9 Å². The third-order valence-electron chi connectivity index (χ3n) is 4.04. The van der Waals surface area contributed by atoms with Crippen LogP contribution in [0.25, 0.3) is 0 Å². The van der Waals surface area contributed by atoms with Crippen LogP contribution in [-0.2, 0) is 9.53 Å². The number of anilines is 2. The van der Waals surface area contributed by atoms with Crippen molar-refractivity contribution in [2.45, 2.75) is 19.8 Å². The lowest BCUT2D eigenvalue weighted by molar-refractivity contribution is -0.116. The van der Waals surface area contributed by atoms with Gasteiger partial charge in [0.05, 0.1) is 24.5 Å². The van der Waals surface area contributed by atoms with Crippen LogP contribution in [0, 0.1) is 6.92 Å². The van der Waals surface area contributed by atoms with Gasteiger partial charge in [0, 0.05) is 6.42 Å². The molecule has 2 amide bonds. The molecule has 26 heavy (non-hydrogen) atoms. The van der Waals surface area contributed by atoms with Crippen molar-refractivity contribution in [3.05, 3.63) is 54.1 Å². The number of carbonyl (C=O) groups excluding carboxylic acids is 2. The lowest BCUT2D eigenvalue weighted by Gasteiger charge is -2.17. The first kappa shape index (κ1) is 17.8. The van der Waals surface area contributed by atoms with Crippen molar-refractivity contribution in [3.8, 4) is 5.75 Å². The Morgan fingerprint density at radius 1 is 1.23 bits per heavy atom. The number of carbonyl (C=O) groups is 2. The van der Waals surface area contributed by atoms with Crippen LogP contribution in [0.3, 0.4) is 0 Å². The fraction of sp³-hybridized carbons (Fsp3) is 0.300. The third kappa shape index (κ3) is 4.53. The van der Waals surface area contributed by atoms with Crippen molar-refractivity contribution in [1.29, 1.82) is 0 Å². The molecule has 0 aliphatic carbocycles. The van der Waals surface area contributed by atoms with Gasteiger partial charge in [-0.25, -0.2) is 4.79 Å². The second-order valence-corrected chi connectivity index (χ2v) is 6.10. The molecule has 1 fully saturated rings. The van der Waals surface area contributed by atoms with E-state index in [-0.39, 0.29) is 5.91 Å². The number of ether oxygens (including phenoxy) is 2. The number of nitrogens with one attached hydrogen (secondary N) is 1. The first-order valence-electron chi connectivity index (χ1n) is 8.66. The summed E-state index contributed by atoms with van der Waals surface area (Å²) in [4.78, 5) is 25.5. The predicted molar refractivity (Wildman–Crippen MR) is 99.7 cm³/mol. The molecule has 0 radical (unpaired) electrons. The summed E-state index contributed by atoms with van der Waals surface area (Å²) >= 11 is 0. The van der Waals surface area contributed by atoms with Gasteiger partial charge in [0.25, 0.3) is 0 Å². The summed E-state index contributed by atoms with van der Waals surface area (Å²) in [5.41, 5.74) is 2.40. The second-order valence-electron chi connectivity index (χ2n) is 6.10. The standard InChI is InChI=1S/C20H22N2O4/c1-15-6-4-7-16(14-15)25-12-5-10-19(23)21-17-8-2-3-9-18(17)22-11-13-26-20(22)24/h2-4,6-9,14H,5,10-13H2,1H3,(H,21,23). The molecule has 0 saturated carbocycles. The smallest absolute Gasteiger partial charge is 0.414 e. The van der Waals surface area contributed by atoms with Gasteiger partial charge in [-0.15, -0.1) is 0 Å². The second kappa shape index (κ2) is 8.38. The third-order valence-corrected chi connectivity index (χ3v) is 4.04. The van der Waals surface area contributed by atoms with Crippen LogP contribution in [0.2, 0.25) is 0 Å². The lowest BCUT2D eigenvalue weighted by atomic mass is 10.2. The maximum atomic E-state index is 12.2. The van der Waals surface area contributed by atoms with E-state index in [9.17, 15) is 9.59 Å². The van der Waals surface area contributed by atoms with Gasteiger partial charge in [0.2, 0.25) is 5.91 Å². The minimum atomic E-state index is -0.391. The number of aryl methyl sites for hydroxylation is 1. The van der Waals surface area contributed by atoms with Gasteiger partial charge in [-0.1, -0.05) is 24.3 Å². The van der Waals surface area contributed by atoms with E-state index in [1.165, 1.54) is 4.90 Å². The zero-order valence-electron chi connectivity index (χ0n) is 14.7. The number of hydrogen-bond acceptors (Lipinski definition) is 4. The summed E-state index contributed by atoms with van der Waals surface area (Å²) in [6.07, 6.45) is 0.552. The highest BCUT2D eigenvalue weighted by Crippen LogP contribution is 2.28. The minimum absolute atomic E-state index is 0.113. The molecular weight excluding hydrogens is 332 g/mol. The number of para-hydroxylation sites is 2. The molecule has 0 bridgehead atoms. The molecule has 1 saturated heterocycles. The maximum absolute atomic E-state index is 12.2. The van der Waals surface area contributed by atoms with Gasteiger partial charge in [-0.2, -0.15) is 0 Å². The summed E-state index contributed by atoms with van der Waals surface area (Å²) in [5, 5.41) is 2.87. The SMILES string of the molecule is Cc1cccc(OCCCC(=O)Nc2ccccc2N2CCOC2=O)c1. The van der Waals surface area contributed by atoms with Gasteiger partial charge in [-0.3, -0.25) is 9.69 Å². The Kier molecular flexibility index (Phi) is 5.73. The largest absolute Gasteiger partial charge is 0.494 e. The molecule has 1 aliphatic heterocycles. The minimum Gasteiger partial charge on any atom is -0.494 e. The van der Waals surface area contributed by atoms with Crippen LogP contribution in [0.5, 0.6) is 5.75 Å². The summed E-state index contributed by atoms with van der Waals surface area (Å²) in [6, 6.07) is 15.0. The molecule has 3 rings (SSSR count). The zero-order valence-corrected chi connectivity index (χ0v) is 14.7. The molecule has 2 aromatic carbocycles. The number of cyclic esters (lactones) is 1.